The van der Waals surface area contributed by atoms with E-state index < -0.39 is 5.72 Å². The summed E-state index contributed by atoms with van der Waals surface area (Å²) in [4.78, 5) is 33.2. The fourth-order valence-electron chi connectivity index (χ4n) is 4.26. The molecule has 3 saturated heterocycles. The molecule has 1 spiro atoms. The van der Waals surface area contributed by atoms with Gasteiger partial charge in [0.25, 0.3) is 5.91 Å². The van der Waals surface area contributed by atoms with Crippen LogP contribution in [-0.2, 0) is 9.53 Å². The predicted molar refractivity (Wildman–Crippen MR) is 87.5 cm³/mol. The number of carbonyl (C=O) groups excluding carboxylic acids is 2. The Balaban J connectivity index is 1.63. The Morgan fingerprint density at radius 3 is 2.92 bits per heavy atom. The van der Waals surface area contributed by atoms with Crippen molar-refractivity contribution in [2.75, 3.05) is 13.2 Å². The van der Waals surface area contributed by atoms with Crippen LogP contribution in [0.2, 0.25) is 5.02 Å². The van der Waals surface area contributed by atoms with Crippen molar-refractivity contribution in [2.45, 2.75) is 44.5 Å². The molecule has 0 radical (unpaired) electrons. The van der Waals surface area contributed by atoms with E-state index in [9.17, 15) is 9.59 Å². The quantitative estimate of drug-likeness (QED) is 0.818. The minimum absolute atomic E-state index is 0.0813. The molecular formula is C17H20ClN3O3. The van der Waals surface area contributed by atoms with E-state index in [4.69, 9.17) is 16.3 Å². The van der Waals surface area contributed by atoms with Crippen molar-refractivity contribution < 1.29 is 14.3 Å². The van der Waals surface area contributed by atoms with Crippen molar-refractivity contribution in [3.8, 4) is 0 Å². The molecule has 1 aromatic heterocycles. The van der Waals surface area contributed by atoms with Gasteiger partial charge in [0.1, 0.15) is 5.69 Å². The van der Waals surface area contributed by atoms with E-state index >= 15 is 0 Å². The van der Waals surface area contributed by atoms with Gasteiger partial charge in [-0.25, -0.2) is 4.98 Å². The van der Waals surface area contributed by atoms with Crippen LogP contribution < -0.4 is 0 Å². The molecule has 0 N–H and O–H groups in total. The van der Waals surface area contributed by atoms with Gasteiger partial charge >= 0.3 is 0 Å². The Morgan fingerprint density at radius 1 is 1.46 bits per heavy atom. The average molecular weight is 350 g/mol. The minimum atomic E-state index is -0.645. The highest BCUT2D eigenvalue weighted by atomic mass is 35.5. The second-order valence-corrected chi connectivity index (χ2v) is 7.50. The van der Waals surface area contributed by atoms with Crippen LogP contribution in [-0.4, -0.2) is 57.6 Å². The summed E-state index contributed by atoms with van der Waals surface area (Å²) >= 11 is 5.84. The molecule has 0 unspecified atom stereocenters. The standard InChI is InChI=1S/C17H20ClN3O3/c1-10(2)13-9-24-17-5-6-20(14(17)7-15(22)21(13)17)16(23)12-4-3-11(18)8-19-12/h3-4,8,10,13-14H,5-7,9H2,1-2H3/t13-,14+,17-/m0/s1. The van der Waals surface area contributed by atoms with Crippen molar-refractivity contribution in [1.29, 1.82) is 0 Å². The van der Waals surface area contributed by atoms with E-state index in [0.717, 1.165) is 0 Å². The zero-order valence-corrected chi connectivity index (χ0v) is 14.5. The molecule has 0 aromatic carbocycles. The molecule has 1 aromatic rings. The van der Waals surface area contributed by atoms with Crippen molar-refractivity contribution in [1.82, 2.24) is 14.8 Å². The molecule has 4 rings (SSSR count). The topological polar surface area (TPSA) is 62.7 Å². The number of rotatable bonds is 2. The van der Waals surface area contributed by atoms with E-state index in [-0.39, 0.29) is 23.9 Å². The number of halogens is 1. The highest BCUT2D eigenvalue weighted by Crippen LogP contribution is 2.49. The first-order chi connectivity index (χ1) is 11.4. The number of hydrogen-bond acceptors (Lipinski definition) is 4. The van der Waals surface area contributed by atoms with Crippen molar-refractivity contribution in [3.63, 3.8) is 0 Å². The Kier molecular flexibility index (Phi) is 3.58. The van der Waals surface area contributed by atoms with Gasteiger partial charge in [-0.05, 0) is 18.1 Å². The largest absolute Gasteiger partial charge is 0.351 e. The van der Waals surface area contributed by atoms with Gasteiger partial charge in [-0.1, -0.05) is 25.4 Å². The third-order valence-corrected chi connectivity index (χ3v) is 5.69. The maximum absolute atomic E-state index is 12.8. The lowest BCUT2D eigenvalue weighted by atomic mass is 10.0. The van der Waals surface area contributed by atoms with Crippen LogP contribution in [0.15, 0.2) is 18.3 Å². The molecule has 0 aliphatic carbocycles. The number of carbonyl (C=O) groups is 2. The Morgan fingerprint density at radius 2 is 2.25 bits per heavy atom. The van der Waals surface area contributed by atoms with Crippen molar-refractivity contribution >= 4 is 23.4 Å². The third kappa shape index (κ3) is 2.09. The lowest BCUT2D eigenvalue weighted by molar-refractivity contribution is -0.139. The lowest BCUT2D eigenvalue weighted by Gasteiger charge is -2.34. The average Bonchev–Trinajstić information content (AvgIpc) is 3.17. The molecule has 0 saturated carbocycles. The molecule has 128 valence electrons. The van der Waals surface area contributed by atoms with Crippen LogP contribution in [0.4, 0.5) is 0 Å². The maximum Gasteiger partial charge on any atom is 0.272 e. The van der Waals surface area contributed by atoms with Crippen molar-refractivity contribution in [3.05, 3.63) is 29.0 Å². The Hall–Kier alpha value is -1.66. The minimum Gasteiger partial charge on any atom is -0.351 e. The zero-order chi connectivity index (χ0) is 17.1. The van der Waals surface area contributed by atoms with Crippen LogP contribution in [0.3, 0.4) is 0 Å². The summed E-state index contributed by atoms with van der Waals surface area (Å²) in [7, 11) is 0. The smallest absolute Gasteiger partial charge is 0.272 e. The normalized spacial score (nSPS) is 31.8. The molecular weight excluding hydrogens is 330 g/mol. The molecule has 0 bridgehead atoms. The van der Waals surface area contributed by atoms with Gasteiger partial charge in [0.05, 0.1) is 30.1 Å². The molecule has 2 amide bonds. The van der Waals surface area contributed by atoms with Crippen LogP contribution in [0.1, 0.15) is 37.2 Å². The first kappa shape index (κ1) is 15.8. The van der Waals surface area contributed by atoms with E-state index in [1.165, 1.54) is 6.20 Å². The fourth-order valence-corrected chi connectivity index (χ4v) is 4.37. The first-order valence-electron chi connectivity index (χ1n) is 8.32. The monoisotopic (exact) mass is 349 g/mol. The molecule has 3 aliphatic rings. The predicted octanol–water partition coefficient (Wildman–Crippen LogP) is 1.93. The van der Waals surface area contributed by atoms with E-state index in [2.05, 4.69) is 18.8 Å². The van der Waals surface area contributed by atoms with Crippen LogP contribution in [0, 0.1) is 5.92 Å². The molecule has 6 nitrogen and oxygen atoms in total. The van der Waals surface area contributed by atoms with Gasteiger partial charge in [-0.2, -0.15) is 0 Å². The van der Waals surface area contributed by atoms with E-state index in [0.29, 0.717) is 42.6 Å². The number of nitrogens with zero attached hydrogens (tertiary/aromatic N) is 3. The summed E-state index contributed by atoms with van der Waals surface area (Å²) in [6.45, 7) is 5.32. The summed E-state index contributed by atoms with van der Waals surface area (Å²) in [5.74, 6) is 0.243. The number of ether oxygens (including phenoxy) is 1. The fraction of sp³-hybridized carbons (Fsp3) is 0.588. The number of hydrogen-bond donors (Lipinski definition) is 0. The first-order valence-corrected chi connectivity index (χ1v) is 8.70. The summed E-state index contributed by atoms with van der Waals surface area (Å²) in [5, 5.41) is 0.491. The number of amides is 2. The summed E-state index contributed by atoms with van der Waals surface area (Å²) in [5.41, 5.74) is -0.297. The number of pyridine rings is 1. The second kappa shape index (κ2) is 5.43. The summed E-state index contributed by atoms with van der Waals surface area (Å²) < 4.78 is 6.14. The highest BCUT2D eigenvalue weighted by Gasteiger charge is 2.65. The van der Waals surface area contributed by atoms with Gasteiger partial charge < -0.3 is 14.5 Å². The van der Waals surface area contributed by atoms with Gasteiger partial charge in [-0.15, -0.1) is 0 Å². The third-order valence-electron chi connectivity index (χ3n) is 5.46. The number of likely N-dealkylation sites (tertiary alicyclic amines) is 1. The summed E-state index contributed by atoms with van der Waals surface area (Å²) in [6.07, 6.45) is 2.45. The zero-order valence-electron chi connectivity index (χ0n) is 13.7. The van der Waals surface area contributed by atoms with Gasteiger partial charge in [0, 0.05) is 19.2 Å². The summed E-state index contributed by atoms with van der Waals surface area (Å²) in [6, 6.07) is 3.13. The lowest BCUT2D eigenvalue weighted by Crippen LogP contribution is -2.51. The molecule has 3 atom stereocenters. The van der Waals surface area contributed by atoms with Crippen LogP contribution in [0.5, 0.6) is 0 Å². The van der Waals surface area contributed by atoms with Crippen LogP contribution in [0.25, 0.3) is 0 Å². The molecule has 24 heavy (non-hydrogen) atoms. The Bertz CT molecular complexity index is 693. The van der Waals surface area contributed by atoms with Gasteiger partial charge in [-0.3, -0.25) is 9.59 Å². The van der Waals surface area contributed by atoms with Gasteiger partial charge in [0.2, 0.25) is 5.91 Å². The molecule has 3 fully saturated rings. The molecule has 3 aliphatic heterocycles. The van der Waals surface area contributed by atoms with Crippen molar-refractivity contribution in [2.24, 2.45) is 5.92 Å². The SMILES string of the molecule is CC(C)[C@@H]1CO[C@@]23CCN(C(=O)c4ccc(Cl)cn4)[C@@H]2CC(=O)N13. The van der Waals surface area contributed by atoms with Crippen LogP contribution >= 0.6 is 11.6 Å². The van der Waals surface area contributed by atoms with Gasteiger partial charge in [0.15, 0.2) is 5.72 Å². The maximum atomic E-state index is 12.8. The highest BCUT2D eigenvalue weighted by molar-refractivity contribution is 6.30. The molecule has 4 heterocycles. The van der Waals surface area contributed by atoms with E-state index in [1.54, 1.807) is 17.0 Å². The second-order valence-electron chi connectivity index (χ2n) is 7.06. The Labute approximate surface area is 145 Å². The van der Waals surface area contributed by atoms with E-state index in [1.807, 2.05) is 4.90 Å². The molecule has 7 heteroatoms. The number of aromatic nitrogens is 1.